The molecular formula is C12H21N. The Labute approximate surface area is 81.3 Å². The summed E-state index contributed by atoms with van der Waals surface area (Å²) in [6.07, 6.45) is 9.04. The summed E-state index contributed by atoms with van der Waals surface area (Å²) < 4.78 is 0. The summed E-state index contributed by atoms with van der Waals surface area (Å²) in [5.41, 5.74) is 1.22. The van der Waals surface area contributed by atoms with E-state index in [0.717, 1.165) is 17.3 Å². The maximum absolute atomic E-state index is 3.66. The Kier molecular flexibility index (Phi) is 1.47. The Hall–Kier alpha value is -0.0400. The number of rotatable bonds is 1. The van der Waals surface area contributed by atoms with Crippen LogP contribution in [0.1, 0.15) is 45.4 Å². The van der Waals surface area contributed by atoms with Gasteiger partial charge in [-0.05, 0) is 63.3 Å². The van der Waals surface area contributed by atoms with Gasteiger partial charge in [-0.25, -0.2) is 0 Å². The van der Waals surface area contributed by atoms with E-state index in [0.29, 0.717) is 5.54 Å². The average molecular weight is 179 g/mol. The van der Waals surface area contributed by atoms with Crippen molar-refractivity contribution in [2.45, 2.75) is 51.0 Å². The Morgan fingerprint density at radius 2 is 1.85 bits per heavy atom. The van der Waals surface area contributed by atoms with E-state index in [1.807, 2.05) is 0 Å². The lowest BCUT2D eigenvalue weighted by atomic mass is 9.52. The topological polar surface area (TPSA) is 12.0 Å². The Bertz CT molecular complexity index is 216. The zero-order chi connectivity index (χ0) is 9.10. The molecule has 3 unspecified atom stereocenters. The van der Waals surface area contributed by atoms with Crippen LogP contribution in [-0.4, -0.2) is 12.6 Å². The van der Waals surface area contributed by atoms with E-state index in [9.17, 15) is 0 Å². The van der Waals surface area contributed by atoms with Gasteiger partial charge in [0.05, 0.1) is 0 Å². The molecule has 2 bridgehead atoms. The van der Waals surface area contributed by atoms with Gasteiger partial charge in [-0.3, -0.25) is 0 Å². The lowest BCUT2D eigenvalue weighted by Crippen LogP contribution is -2.61. The molecule has 0 aromatic heterocycles. The van der Waals surface area contributed by atoms with Gasteiger partial charge in [0, 0.05) is 5.54 Å². The van der Waals surface area contributed by atoms with Gasteiger partial charge in [-0.15, -0.1) is 0 Å². The van der Waals surface area contributed by atoms with E-state index >= 15 is 0 Å². The normalized spacial score (nSPS) is 51.2. The smallest absolute Gasteiger partial charge is 0.0237 e. The van der Waals surface area contributed by atoms with Crippen LogP contribution in [0, 0.1) is 17.3 Å². The van der Waals surface area contributed by atoms with Crippen LogP contribution in [0.5, 0.6) is 0 Å². The second-order valence-electron chi connectivity index (χ2n) is 5.67. The summed E-state index contributed by atoms with van der Waals surface area (Å²) in [6.45, 7) is 2.50. The van der Waals surface area contributed by atoms with Gasteiger partial charge >= 0.3 is 0 Å². The van der Waals surface area contributed by atoms with E-state index in [4.69, 9.17) is 0 Å². The third kappa shape index (κ3) is 0.707. The predicted octanol–water partition coefficient (Wildman–Crippen LogP) is 2.56. The molecule has 1 heteroatoms. The summed E-state index contributed by atoms with van der Waals surface area (Å²) in [7, 11) is 2.18. The van der Waals surface area contributed by atoms with Gasteiger partial charge in [0.25, 0.3) is 0 Å². The van der Waals surface area contributed by atoms with Crippen LogP contribution >= 0.6 is 0 Å². The number of hydrogen-bond donors (Lipinski definition) is 1. The maximum atomic E-state index is 3.66. The highest BCUT2D eigenvalue weighted by Gasteiger charge is 2.66. The molecule has 74 valence electrons. The standard InChI is InChI=1S/C12H21N/c1-11(13-2)9-4-5-10(8-9)12(11)6-3-7-12/h9-10,13H,3-8H2,1-2H3. The number of fused-ring (bicyclic) bond motifs is 3. The van der Waals surface area contributed by atoms with Crippen molar-refractivity contribution in [2.75, 3.05) is 7.05 Å². The minimum atomic E-state index is 0.494. The highest BCUT2D eigenvalue weighted by atomic mass is 15.0. The van der Waals surface area contributed by atoms with Crippen molar-refractivity contribution in [1.82, 2.24) is 5.32 Å². The maximum Gasteiger partial charge on any atom is 0.0237 e. The summed E-state index contributed by atoms with van der Waals surface area (Å²) in [5, 5.41) is 3.66. The minimum Gasteiger partial charge on any atom is -0.314 e. The number of nitrogens with one attached hydrogen (secondary N) is 1. The largest absolute Gasteiger partial charge is 0.314 e. The molecule has 1 N–H and O–H groups in total. The van der Waals surface area contributed by atoms with Crippen molar-refractivity contribution < 1.29 is 0 Å². The van der Waals surface area contributed by atoms with Crippen LogP contribution in [0.3, 0.4) is 0 Å². The van der Waals surface area contributed by atoms with Crippen LogP contribution in [0.25, 0.3) is 0 Å². The molecule has 0 radical (unpaired) electrons. The first kappa shape index (κ1) is 8.28. The molecule has 3 saturated carbocycles. The van der Waals surface area contributed by atoms with Crippen molar-refractivity contribution in [3.05, 3.63) is 0 Å². The summed E-state index contributed by atoms with van der Waals surface area (Å²) >= 11 is 0. The molecule has 1 spiro atoms. The molecule has 3 aliphatic rings. The summed E-state index contributed by atoms with van der Waals surface area (Å²) in [5.74, 6) is 2.06. The van der Waals surface area contributed by atoms with Crippen molar-refractivity contribution in [1.29, 1.82) is 0 Å². The van der Waals surface area contributed by atoms with E-state index < -0.39 is 0 Å². The van der Waals surface area contributed by atoms with Crippen LogP contribution in [0.4, 0.5) is 0 Å². The fraction of sp³-hybridized carbons (Fsp3) is 1.00. The molecular weight excluding hydrogens is 158 g/mol. The van der Waals surface area contributed by atoms with E-state index in [1.54, 1.807) is 0 Å². The van der Waals surface area contributed by atoms with Crippen molar-refractivity contribution in [2.24, 2.45) is 17.3 Å². The quantitative estimate of drug-likeness (QED) is 0.652. The Morgan fingerprint density at radius 1 is 1.15 bits per heavy atom. The van der Waals surface area contributed by atoms with Crippen LogP contribution in [0.15, 0.2) is 0 Å². The third-order valence-corrected chi connectivity index (χ3v) is 5.83. The molecule has 3 aliphatic carbocycles. The van der Waals surface area contributed by atoms with Crippen LogP contribution < -0.4 is 5.32 Å². The van der Waals surface area contributed by atoms with Gasteiger partial charge in [0.2, 0.25) is 0 Å². The molecule has 3 atom stereocenters. The zero-order valence-electron chi connectivity index (χ0n) is 8.90. The van der Waals surface area contributed by atoms with Gasteiger partial charge in [0.15, 0.2) is 0 Å². The highest BCUT2D eigenvalue weighted by Crippen LogP contribution is 2.69. The average Bonchev–Trinajstić information content (AvgIpc) is 2.59. The van der Waals surface area contributed by atoms with Crippen LogP contribution in [0.2, 0.25) is 0 Å². The minimum absolute atomic E-state index is 0.494. The molecule has 3 fully saturated rings. The fourth-order valence-electron chi connectivity index (χ4n) is 4.78. The van der Waals surface area contributed by atoms with E-state index in [2.05, 4.69) is 19.3 Å². The first-order valence-electron chi connectivity index (χ1n) is 5.92. The third-order valence-electron chi connectivity index (χ3n) is 5.83. The number of hydrogen-bond acceptors (Lipinski definition) is 1. The Morgan fingerprint density at radius 3 is 2.31 bits per heavy atom. The van der Waals surface area contributed by atoms with E-state index in [-0.39, 0.29) is 0 Å². The fourth-order valence-corrected chi connectivity index (χ4v) is 4.78. The van der Waals surface area contributed by atoms with Crippen LogP contribution in [-0.2, 0) is 0 Å². The van der Waals surface area contributed by atoms with Gasteiger partial charge in [-0.2, -0.15) is 0 Å². The van der Waals surface area contributed by atoms with Gasteiger partial charge < -0.3 is 5.32 Å². The molecule has 0 aromatic carbocycles. The molecule has 0 saturated heterocycles. The molecule has 0 heterocycles. The molecule has 3 rings (SSSR count). The zero-order valence-corrected chi connectivity index (χ0v) is 8.90. The Balaban J connectivity index is 2.00. The summed E-state index contributed by atoms with van der Waals surface area (Å²) in [6, 6.07) is 0. The van der Waals surface area contributed by atoms with Crippen molar-refractivity contribution in [3.63, 3.8) is 0 Å². The second kappa shape index (κ2) is 2.31. The van der Waals surface area contributed by atoms with E-state index in [1.165, 1.54) is 38.5 Å². The van der Waals surface area contributed by atoms with Gasteiger partial charge in [0.1, 0.15) is 0 Å². The molecule has 0 aromatic rings. The molecule has 0 aliphatic heterocycles. The van der Waals surface area contributed by atoms with Gasteiger partial charge in [-0.1, -0.05) is 6.42 Å². The lowest BCUT2D eigenvalue weighted by Gasteiger charge is -2.57. The first-order chi connectivity index (χ1) is 6.23. The monoisotopic (exact) mass is 179 g/mol. The SMILES string of the molecule is CNC1(C)C2CCC(C2)C12CCC2. The lowest BCUT2D eigenvalue weighted by molar-refractivity contribution is -0.0363. The summed E-state index contributed by atoms with van der Waals surface area (Å²) in [4.78, 5) is 0. The molecule has 1 nitrogen and oxygen atoms in total. The second-order valence-corrected chi connectivity index (χ2v) is 5.67. The molecule has 0 amide bonds. The first-order valence-corrected chi connectivity index (χ1v) is 5.92. The predicted molar refractivity (Wildman–Crippen MR) is 54.6 cm³/mol. The van der Waals surface area contributed by atoms with Crippen molar-refractivity contribution in [3.8, 4) is 0 Å². The van der Waals surface area contributed by atoms with Crippen molar-refractivity contribution >= 4 is 0 Å². The highest BCUT2D eigenvalue weighted by molar-refractivity contribution is 5.19. The molecule has 13 heavy (non-hydrogen) atoms.